The predicted octanol–water partition coefficient (Wildman–Crippen LogP) is 4.41. The molecule has 0 bridgehead atoms. The van der Waals surface area contributed by atoms with Crippen LogP contribution in [0.25, 0.3) is 0 Å². The molecule has 2 fully saturated rings. The first-order chi connectivity index (χ1) is 16.0. The molecular formula is C24H27NO8. The smallest absolute Gasteiger partial charge is 0.320 e. The van der Waals surface area contributed by atoms with Gasteiger partial charge in [-0.3, -0.25) is 14.9 Å². The zero-order valence-corrected chi connectivity index (χ0v) is 18.2. The van der Waals surface area contributed by atoms with E-state index >= 15 is 0 Å². The van der Waals surface area contributed by atoms with Crippen molar-refractivity contribution < 1.29 is 33.8 Å². The maximum Gasteiger partial charge on any atom is 0.320 e. The number of phenolic OH excluding ortho intramolecular Hbond substituents is 1. The molecule has 0 aliphatic carbocycles. The number of nitro benzene ring substituents is 1. The minimum atomic E-state index is -1.02. The van der Waals surface area contributed by atoms with Gasteiger partial charge in [0.1, 0.15) is 17.4 Å². The molecule has 2 saturated heterocycles. The zero-order chi connectivity index (χ0) is 23.2. The van der Waals surface area contributed by atoms with Gasteiger partial charge in [0.25, 0.3) is 5.69 Å². The summed E-state index contributed by atoms with van der Waals surface area (Å²) in [6.07, 6.45) is 4.06. The van der Waals surface area contributed by atoms with Crippen LogP contribution in [0.2, 0.25) is 0 Å². The lowest BCUT2D eigenvalue weighted by atomic mass is 9.90. The van der Waals surface area contributed by atoms with Crippen LogP contribution >= 0.6 is 0 Å². The van der Waals surface area contributed by atoms with Crippen molar-refractivity contribution in [1.82, 2.24) is 0 Å². The third-order valence-electron chi connectivity index (χ3n) is 5.77. The van der Waals surface area contributed by atoms with Crippen molar-refractivity contribution in [2.75, 3.05) is 13.2 Å². The summed E-state index contributed by atoms with van der Waals surface area (Å²) in [6, 6.07) is 10.3. The maximum absolute atomic E-state index is 13.3. The normalized spacial score (nSPS) is 21.7. The highest BCUT2D eigenvalue weighted by atomic mass is 16.7. The number of nitro groups is 1. The first kappa shape index (κ1) is 23.0. The topological polar surface area (TPSA) is 117 Å². The first-order valence-corrected chi connectivity index (χ1v) is 11.2. The van der Waals surface area contributed by atoms with Crippen LogP contribution in [0.4, 0.5) is 5.69 Å². The molecule has 0 radical (unpaired) electrons. The van der Waals surface area contributed by atoms with E-state index in [1.807, 2.05) is 0 Å². The van der Waals surface area contributed by atoms with Crippen molar-refractivity contribution in [3.8, 4) is 11.5 Å². The van der Waals surface area contributed by atoms with E-state index in [2.05, 4.69) is 0 Å². The molecule has 2 heterocycles. The van der Waals surface area contributed by atoms with Gasteiger partial charge < -0.3 is 24.1 Å². The number of carbonyl (C=O) groups is 1. The number of carbonyl (C=O) groups excluding carboxylic acids is 1. The molecule has 3 unspecified atom stereocenters. The minimum Gasteiger partial charge on any atom is -0.508 e. The Kier molecular flexibility index (Phi) is 7.41. The highest BCUT2D eigenvalue weighted by Crippen LogP contribution is 2.37. The molecular weight excluding hydrogens is 430 g/mol. The third kappa shape index (κ3) is 5.80. The lowest BCUT2D eigenvalue weighted by Gasteiger charge is -2.26. The number of phenols is 1. The summed E-state index contributed by atoms with van der Waals surface area (Å²) in [7, 11) is 0. The Hall–Kier alpha value is -3.17. The fraction of sp³-hybridized carbons (Fsp3) is 0.458. The Balaban J connectivity index is 1.64. The van der Waals surface area contributed by atoms with Crippen molar-refractivity contribution in [2.45, 2.75) is 57.0 Å². The predicted molar refractivity (Wildman–Crippen MR) is 117 cm³/mol. The van der Waals surface area contributed by atoms with Crippen LogP contribution in [0.3, 0.4) is 0 Å². The maximum atomic E-state index is 13.3. The van der Waals surface area contributed by atoms with Crippen LogP contribution in [-0.4, -0.2) is 41.8 Å². The van der Waals surface area contributed by atoms with E-state index in [0.29, 0.717) is 30.9 Å². The number of benzene rings is 2. The Morgan fingerprint density at radius 1 is 1.00 bits per heavy atom. The lowest BCUT2D eigenvalue weighted by molar-refractivity contribution is -0.384. The van der Waals surface area contributed by atoms with Gasteiger partial charge in [0.05, 0.1) is 18.1 Å². The summed E-state index contributed by atoms with van der Waals surface area (Å²) >= 11 is 0. The molecule has 1 N–H and O–H groups in total. The van der Waals surface area contributed by atoms with Gasteiger partial charge in [-0.2, -0.15) is 0 Å². The highest BCUT2D eigenvalue weighted by molar-refractivity contribution is 5.83. The Morgan fingerprint density at radius 3 is 2.27 bits per heavy atom. The molecule has 0 spiro atoms. The molecule has 176 valence electrons. The number of hydrogen-bond donors (Lipinski definition) is 1. The van der Waals surface area contributed by atoms with Crippen LogP contribution in [0, 0.1) is 10.1 Å². The van der Waals surface area contributed by atoms with E-state index < -0.39 is 29.4 Å². The summed E-state index contributed by atoms with van der Waals surface area (Å²) in [5, 5.41) is 21.7. The minimum absolute atomic E-state index is 0.0998. The molecule has 9 heteroatoms. The van der Waals surface area contributed by atoms with E-state index in [4.69, 9.17) is 18.9 Å². The monoisotopic (exact) mass is 457 g/mol. The molecule has 4 rings (SSSR count). The van der Waals surface area contributed by atoms with Gasteiger partial charge in [0.2, 0.25) is 6.29 Å². The molecule has 3 atom stereocenters. The van der Waals surface area contributed by atoms with Crippen molar-refractivity contribution >= 4 is 11.7 Å². The Bertz CT molecular complexity index is 965. The summed E-state index contributed by atoms with van der Waals surface area (Å²) in [4.78, 5) is 23.8. The SMILES string of the molecule is O=C(OC1CCCCO1)C(c1ccc([N+](=O)[O-])cc1)c1cc(OC2CCCCO2)ccc1O. The first-order valence-electron chi connectivity index (χ1n) is 11.2. The quantitative estimate of drug-likeness (QED) is 0.369. The average molecular weight is 457 g/mol. The fourth-order valence-electron chi connectivity index (χ4n) is 4.03. The van der Waals surface area contributed by atoms with Crippen LogP contribution in [-0.2, 0) is 19.0 Å². The van der Waals surface area contributed by atoms with Crippen LogP contribution < -0.4 is 4.74 Å². The summed E-state index contributed by atoms with van der Waals surface area (Å²) in [6.45, 7) is 1.13. The molecule has 2 aliphatic heterocycles. The van der Waals surface area contributed by atoms with Gasteiger partial charge in [0.15, 0.2) is 6.29 Å². The molecule has 2 aromatic carbocycles. The molecule has 2 aromatic rings. The number of hydrogen-bond acceptors (Lipinski definition) is 8. The fourth-order valence-corrected chi connectivity index (χ4v) is 4.03. The van der Waals surface area contributed by atoms with Gasteiger partial charge in [-0.25, -0.2) is 0 Å². The molecule has 33 heavy (non-hydrogen) atoms. The average Bonchev–Trinajstić information content (AvgIpc) is 2.83. The second-order valence-electron chi connectivity index (χ2n) is 8.15. The largest absolute Gasteiger partial charge is 0.508 e. The Labute approximate surface area is 191 Å². The standard InChI is InChI=1S/C24H27NO8/c26-20-12-11-18(32-21-5-1-3-13-30-21)15-19(20)23(16-7-9-17(10-8-16)25(28)29)24(27)33-22-6-2-4-14-31-22/h7-12,15,21-23,26H,1-6,13-14H2. The van der Waals surface area contributed by atoms with E-state index in [9.17, 15) is 20.0 Å². The number of non-ortho nitro benzene ring substituents is 1. The van der Waals surface area contributed by atoms with Crippen LogP contribution in [0.5, 0.6) is 11.5 Å². The highest BCUT2D eigenvalue weighted by Gasteiger charge is 2.31. The van der Waals surface area contributed by atoms with Gasteiger partial charge >= 0.3 is 5.97 Å². The van der Waals surface area contributed by atoms with E-state index in [-0.39, 0.29) is 17.0 Å². The summed E-state index contributed by atoms with van der Waals surface area (Å²) in [5.41, 5.74) is 0.623. The van der Waals surface area contributed by atoms with Gasteiger partial charge in [-0.1, -0.05) is 12.1 Å². The zero-order valence-electron chi connectivity index (χ0n) is 18.2. The third-order valence-corrected chi connectivity index (χ3v) is 5.77. The number of aromatic hydroxyl groups is 1. The number of ether oxygens (including phenoxy) is 4. The van der Waals surface area contributed by atoms with Gasteiger partial charge in [-0.15, -0.1) is 0 Å². The molecule has 0 amide bonds. The van der Waals surface area contributed by atoms with Crippen molar-refractivity contribution in [3.63, 3.8) is 0 Å². The van der Waals surface area contributed by atoms with Crippen molar-refractivity contribution in [2.24, 2.45) is 0 Å². The van der Waals surface area contributed by atoms with Crippen LogP contribution in [0.15, 0.2) is 42.5 Å². The van der Waals surface area contributed by atoms with E-state index in [1.54, 1.807) is 12.1 Å². The molecule has 2 aliphatic rings. The van der Waals surface area contributed by atoms with E-state index in [0.717, 1.165) is 32.1 Å². The molecule has 0 saturated carbocycles. The lowest BCUT2D eigenvalue weighted by Crippen LogP contribution is -2.29. The second kappa shape index (κ2) is 10.6. The van der Waals surface area contributed by atoms with Crippen molar-refractivity contribution in [3.05, 3.63) is 63.7 Å². The number of nitrogens with zero attached hydrogens (tertiary/aromatic N) is 1. The number of rotatable bonds is 7. The molecule has 0 aromatic heterocycles. The Morgan fingerprint density at radius 2 is 1.67 bits per heavy atom. The molecule has 9 nitrogen and oxygen atoms in total. The van der Waals surface area contributed by atoms with E-state index in [1.165, 1.54) is 30.3 Å². The van der Waals surface area contributed by atoms with Gasteiger partial charge in [0, 0.05) is 30.5 Å². The summed E-state index contributed by atoms with van der Waals surface area (Å²) < 4.78 is 22.7. The van der Waals surface area contributed by atoms with Crippen molar-refractivity contribution in [1.29, 1.82) is 0 Å². The summed E-state index contributed by atoms with van der Waals surface area (Å²) in [5.74, 6) is -1.30. The van der Waals surface area contributed by atoms with Gasteiger partial charge in [-0.05, 0) is 49.4 Å². The van der Waals surface area contributed by atoms with Crippen LogP contribution in [0.1, 0.15) is 55.6 Å². The second-order valence-corrected chi connectivity index (χ2v) is 8.15. The number of esters is 1.